The Labute approximate surface area is 129 Å². The number of hydrogen-bond acceptors (Lipinski definition) is 4. The Hall–Kier alpha value is -1.37. The van der Waals surface area contributed by atoms with Crippen molar-refractivity contribution in [3.05, 3.63) is 46.8 Å². The molecule has 0 atom stereocenters. The Morgan fingerprint density at radius 3 is 2.57 bits per heavy atom. The lowest BCUT2D eigenvalue weighted by Crippen LogP contribution is -2.13. The number of aliphatic hydroxyl groups excluding tert-OH is 1. The lowest BCUT2D eigenvalue weighted by atomic mass is 10.0. The van der Waals surface area contributed by atoms with E-state index in [1.54, 1.807) is 18.2 Å². The van der Waals surface area contributed by atoms with E-state index in [9.17, 15) is 8.42 Å². The van der Waals surface area contributed by atoms with Gasteiger partial charge < -0.3 is 5.11 Å². The highest BCUT2D eigenvalue weighted by molar-refractivity contribution is 7.94. The van der Waals surface area contributed by atoms with Crippen molar-refractivity contribution in [1.29, 1.82) is 0 Å². The van der Waals surface area contributed by atoms with E-state index in [1.807, 2.05) is 32.0 Å². The van der Waals surface area contributed by atoms with Crippen molar-refractivity contribution in [2.24, 2.45) is 0 Å². The summed E-state index contributed by atoms with van der Waals surface area (Å²) in [6.45, 7) is 4.07. The summed E-state index contributed by atoms with van der Waals surface area (Å²) in [5.41, 5.74) is 1.58. The smallest absolute Gasteiger partial charge is 0.271 e. The van der Waals surface area contributed by atoms with Gasteiger partial charge in [-0.3, -0.25) is 4.72 Å². The molecular weight excluding hydrogens is 306 g/mol. The van der Waals surface area contributed by atoms with Crippen LogP contribution in [0.15, 0.2) is 40.6 Å². The summed E-state index contributed by atoms with van der Waals surface area (Å²) >= 11 is 1.19. The van der Waals surface area contributed by atoms with E-state index in [0.29, 0.717) is 12.1 Å². The molecule has 2 rings (SSSR count). The summed E-state index contributed by atoms with van der Waals surface area (Å²) in [6.07, 6.45) is 0.475. The van der Waals surface area contributed by atoms with Crippen molar-refractivity contribution in [2.45, 2.75) is 30.4 Å². The number of hydrogen-bond donors (Lipinski definition) is 2. The van der Waals surface area contributed by atoms with Gasteiger partial charge in [0, 0.05) is 17.9 Å². The van der Waals surface area contributed by atoms with E-state index in [0.717, 1.165) is 10.4 Å². The van der Waals surface area contributed by atoms with Gasteiger partial charge in [0.15, 0.2) is 0 Å². The summed E-state index contributed by atoms with van der Waals surface area (Å²) < 4.78 is 27.8. The van der Waals surface area contributed by atoms with Crippen LogP contribution in [0.5, 0.6) is 0 Å². The third-order valence-corrected chi connectivity index (χ3v) is 6.09. The third kappa shape index (κ3) is 3.84. The first kappa shape index (κ1) is 16.0. The van der Waals surface area contributed by atoms with Crippen molar-refractivity contribution < 1.29 is 13.5 Å². The molecule has 2 N–H and O–H groups in total. The normalized spacial score (nSPS) is 11.8. The molecule has 0 saturated heterocycles. The van der Waals surface area contributed by atoms with Crippen LogP contribution in [0.25, 0.3) is 0 Å². The number of rotatable bonds is 6. The van der Waals surface area contributed by atoms with Gasteiger partial charge in [-0.1, -0.05) is 32.0 Å². The van der Waals surface area contributed by atoms with Gasteiger partial charge in [0.05, 0.1) is 5.69 Å². The maximum atomic E-state index is 12.4. The summed E-state index contributed by atoms with van der Waals surface area (Å²) in [7, 11) is -3.58. The van der Waals surface area contributed by atoms with Crippen LogP contribution < -0.4 is 4.72 Å². The Balaban J connectivity index is 2.29. The van der Waals surface area contributed by atoms with Gasteiger partial charge in [-0.05, 0) is 29.7 Å². The standard InChI is InChI=1S/C15H19NO3S2/c1-11(2)13-5-3-4-6-14(13)16-21(18,19)15-8-7-12(20-15)9-10-17/h3-8,11,16-17H,9-10H2,1-2H3. The number of benzene rings is 1. The number of aliphatic hydroxyl groups is 1. The zero-order valence-corrected chi connectivity index (χ0v) is 13.7. The van der Waals surface area contributed by atoms with Crippen LogP contribution in [-0.4, -0.2) is 20.1 Å². The van der Waals surface area contributed by atoms with Crippen molar-refractivity contribution in [3.8, 4) is 0 Å². The molecule has 0 bridgehead atoms. The van der Waals surface area contributed by atoms with Gasteiger partial charge in [0.25, 0.3) is 10.0 Å². The molecule has 0 aliphatic rings. The lowest BCUT2D eigenvalue weighted by molar-refractivity contribution is 0.300. The largest absolute Gasteiger partial charge is 0.396 e. The summed E-state index contributed by atoms with van der Waals surface area (Å²) in [5, 5.41) is 8.91. The van der Waals surface area contributed by atoms with Gasteiger partial charge in [0.2, 0.25) is 0 Å². The minimum Gasteiger partial charge on any atom is -0.396 e. The minimum atomic E-state index is -3.58. The highest BCUT2D eigenvalue weighted by atomic mass is 32.2. The quantitative estimate of drug-likeness (QED) is 0.857. The SMILES string of the molecule is CC(C)c1ccccc1NS(=O)(=O)c1ccc(CCO)s1. The number of thiophene rings is 1. The molecule has 0 aliphatic heterocycles. The molecule has 0 aliphatic carbocycles. The predicted molar refractivity (Wildman–Crippen MR) is 86.4 cm³/mol. The molecule has 114 valence electrons. The maximum absolute atomic E-state index is 12.4. The maximum Gasteiger partial charge on any atom is 0.271 e. The monoisotopic (exact) mass is 325 g/mol. The van der Waals surface area contributed by atoms with Crippen molar-refractivity contribution in [1.82, 2.24) is 0 Å². The molecule has 1 aromatic carbocycles. The second-order valence-corrected chi connectivity index (χ2v) is 8.12. The second-order valence-electron chi connectivity index (χ2n) is 5.04. The molecule has 0 radical (unpaired) electrons. The fourth-order valence-corrected chi connectivity index (χ4v) is 4.47. The highest BCUT2D eigenvalue weighted by Gasteiger charge is 2.19. The molecule has 0 fully saturated rings. The Kier molecular flexibility index (Phi) is 5.03. The topological polar surface area (TPSA) is 66.4 Å². The first-order valence-electron chi connectivity index (χ1n) is 6.75. The molecular formula is C15H19NO3S2. The van der Waals surface area contributed by atoms with Gasteiger partial charge in [-0.25, -0.2) is 8.42 Å². The van der Waals surface area contributed by atoms with Crippen molar-refractivity contribution in [2.75, 3.05) is 11.3 Å². The molecule has 0 amide bonds. The molecule has 0 unspecified atom stereocenters. The molecule has 21 heavy (non-hydrogen) atoms. The van der Waals surface area contributed by atoms with E-state index < -0.39 is 10.0 Å². The number of sulfonamides is 1. The number of anilines is 1. The van der Waals surface area contributed by atoms with Crippen LogP contribution in [0.1, 0.15) is 30.2 Å². The average molecular weight is 325 g/mol. The minimum absolute atomic E-state index is 0.0175. The first-order chi connectivity index (χ1) is 9.94. The van der Waals surface area contributed by atoms with Gasteiger partial charge in [0.1, 0.15) is 4.21 Å². The predicted octanol–water partition coefficient (Wildman–Crippen LogP) is 3.21. The molecule has 1 aromatic heterocycles. The fraction of sp³-hybridized carbons (Fsp3) is 0.333. The number of nitrogens with one attached hydrogen (secondary N) is 1. The van der Waals surface area contributed by atoms with Crippen LogP contribution in [0.2, 0.25) is 0 Å². The molecule has 4 nitrogen and oxygen atoms in total. The third-order valence-electron chi connectivity index (χ3n) is 3.09. The van der Waals surface area contributed by atoms with Gasteiger partial charge in [-0.15, -0.1) is 11.3 Å². The van der Waals surface area contributed by atoms with Crippen LogP contribution in [-0.2, 0) is 16.4 Å². The molecule has 6 heteroatoms. The number of para-hydroxylation sites is 1. The summed E-state index contributed by atoms with van der Waals surface area (Å²) in [5.74, 6) is 0.234. The summed E-state index contributed by atoms with van der Waals surface area (Å²) in [6, 6.07) is 10.7. The van der Waals surface area contributed by atoms with E-state index >= 15 is 0 Å². The summed E-state index contributed by atoms with van der Waals surface area (Å²) in [4.78, 5) is 0.856. The second kappa shape index (κ2) is 6.60. The average Bonchev–Trinajstić information content (AvgIpc) is 2.88. The van der Waals surface area contributed by atoms with E-state index in [2.05, 4.69) is 4.72 Å². The Morgan fingerprint density at radius 2 is 1.90 bits per heavy atom. The highest BCUT2D eigenvalue weighted by Crippen LogP contribution is 2.28. The van der Waals surface area contributed by atoms with E-state index in [-0.39, 0.29) is 16.7 Å². The zero-order chi connectivity index (χ0) is 15.5. The van der Waals surface area contributed by atoms with Crippen LogP contribution in [0.3, 0.4) is 0 Å². The first-order valence-corrected chi connectivity index (χ1v) is 9.05. The molecule has 2 aromatic rings. The van der Waals surface area contributed by atoms with Crippen LogP contribution >= 0.6 is 11.3 Å². The van der Waals surface area contributed by atoms with Crippen molar-refractivity contribution in [3.63, 3.8) is 0 Å². The zero-order valence-electron chi connectivity index (χ0n) is 12.0. The van der Waals surface area contributed by atoms with Crippen molar-refractivity contribution >= 4 is 27.0 Å². The Bertz CT molecular complexity index is 705. The Morgan fingerprint density at radius 1 is 1.19 bits per heavy atom. The lowest BCUT2D eigenvalue weighted by Gasteiger charge is -2.14. The fourth-order valence-electron chi connectivity index (χ4n) is 2.04. The van der Waals surface area contributed by atoms with Crippen LogP contribution in [0.4, 0.5) is 5.69 Å². The van der Waals surface area contributed by atoms with Gasteiger partial charge >= 0.3 is 0 Å². The van der Waals surface area contributed by atoms with E-state index in [4.69, 9.17) is 5.11 Å². The van der Waals surface area contributed by atoms with Gasteiger partial charge in [-0.2, -0.15) is 0 Å². The van der Waals surface area contributed by atoms with Crippen LogP contribution in [0, 0.1) is 0 Å². The molecule has 0 spiro atoms. The van der Waals surface area contributed by atoms with E-state index in [1.165, 1.54) is 11.3 Å². The molecule has 1 heterocycles. The molecule has 0 saturated carbocycles.